The zero-order valence-corrected chi connectivity index (χ0v) is 28.2. The molecule has 10 nitrogen and oxygen atoms in total. The van der Waals surface area contributed by atoms with E-state index in [1.165, 1.54) is 22.4 Å². The van der Waals surface area contributed by atoms with E-state index in [-0.39, 0.29) is 46.2 Å². The summed E-state index contributed by atoms with van der Waals surface area (Å²) >= 11 is 8.43. The number of thioether (sulfide) groups is 1. The van der Waals surface area contributed by atoms with Gasteiger partial charge in [0.15, 0.2) is 5.65 Å². The first-order valence-corrected chi connectivity index (χ1v) is 17.1. The van der Waals surface area contributed by atoms with Crippen molar-refractivity contribution in [2.75, 3.05) is 48.9 Å². The first-order chi connectivity index (χ1) is 22.7. The number of anilines is 2. The number of ether oxygens (including phenoxy) is 1. The van der Waals surface area contributed by atoms with Crippen molar-refractivity contribution in [3.05, 3.63) is 76.2 Å². The van der Waals surface area contributed by atoms with Crippen LogP contribution in [0.4, 0.5) is 15.9 Å². The molecule has 2 aliphatic heterocycles. The third-order valence-electron chi connectivity index (χ3n) is 8.31. The summed E-state index contributed by atoms with van der Waals surface area (Å²) in [4.78, 5) is 46.7. The number of nitrogens with one attached hydrogen (secondary N) is 1. The lowest BCUT2D eigenvalue weighted by molar-refractivity contribution is -0.116. The van der Waals surface area contributed by atoms with Gasteiger partial charge in [-0.3, -0.25) is 14.7 Å². The van der Waals surface area contributed by atoms with Crippen LogP contribution >= 0.6 is 23.4 Å². The SMILES string of the molecule is C=CCOCN1CCN(c2nc(=O)n3c4nc(c(Cl)cc24)-c2c(F)cccc2SCCCC(=O)Nc2ccnc(C(C)C)c2-3)[C@H](C)C1. The van der Waals surface area contributed by atoms with Crippen molar-refractivity contribution in [1.82, 2.24) is 24.4 Å². The Morgan fingerprint density at radius 3 is 2.83 bits per heavy atom. The van der Waals surface area contributed by atoms with E-state index in [1.54, 1.807) is 30.5 Å². The molecule has 2 aliphatic rings. The number of carbonyl (C=O) groups is 1. The van der Waals surface area contributed by atoms with Gasteiger partial charge in [0.05, 0.1) is 52.1 Å². The Morgan fingerprint density at radius 2 is 2.06 bits per heavy atom. The summed E-state index contributed by atoms with van der Waals surface area (Å²) in [5.41, 5.74) is 1.49. The highest BCUT2D eigenvalue weighted by molar-refractivity contribution is 7.99. The highest BCUT2D eigenvalue weighted by Gasteiger charge is 2.30. The molecule has 1 saturated heterocycles. The van der Waals surface area contributed by atoms with Crippen LogP contribution in [-0.4, -0.2) is 75.1 Å². The Labute approximate surface area is 282 Å². The van der Waals surface area contributed by atoms with Crippen molar-refractivity contribution in [3.8, 4) is 16.9 Å². The van der Waals surface area contributed by atoms with E-state index in [1.807, 2.05) is 19.9 Å². The molecule has 4 aromatic rings. The largest absolute Gasteiger partial charge is 0.362 e. The Kier molecular flexibility index (Phi) is 9.93. The van der Waals surface area contributed by atoms with Crippen LogP contribution in [0.1, 0.15) is 45.2 Å². The smallest absolute Gasteiger partial charge is 0.355 e. The molecule has 6 rings (SSSR count). The summed E-state index contributed by atoms with van der Waals surface area (Å²) < 4.78 is 22.8. The number of halogens is 2. The summed E-state index contributed by atoms with van der Waals surface area (Å²) in [5, 5.41) is 3.77. The lowest BCUT2D eigenvalue weighted by atomic mass is 10.1. The summed E-state index contributed by atoms with van der Waals surface area (Å²) in [5.74, 6) is 0.208. The highest BCUT2D eigenvalue weighted by atomic mass is 35.5. The van der Waals surface area contributed by atoms with Gasteiger partial charge in [-0.15, -0.1) is 18.3 Å². The van der Waals surface area contributed by atoms with E-state index in [0.29, 0.717) is 78.3 Å². The number of amides is 1. The Hall–Kier alpha value is -3.84. The van der Waals surface area contributed by atoms with Crippen molar-refractivity contribution in [2.24, 2.45) is 0 Å². The first-order valence-electron chi connectivity index (χ1n) is 15.7. The van der Waals surface area contributed by atoms with Crippen LogP contribution in [0.3, 0.4) is 0 Å². The van der Waals surface area contributed by atoms with Crippen LogP contribution in [0.2, 0.25) is 5.02 Å². The van der Waals surface area contributed by atoms with Gasteiger partial charge < -0.3 is 15.0 Å². The lowest BCUT2D eigenvalue weighted by Crippen LogP contribution is -2.53. The van der Waals surface area contributed by atoms with Crippen LogP contribution in [0.15, 0.2) is 58.9 Å². The van der Waals surface area contributed by atoms with Gasteiger partial charge in [-0.25, -0.2) is 18.7 Å². The van der Waals surface area contributed by atoms with E-state index >= 15 is 4.39 Å². The summed E-state index contributed by atoms with van der Waals surface area (Å²) in [7, 11) is 0. The number of hydrogen-bond acceptors (Lipinski definition) is 9. The molecule has 0 saturated carbocycles. The fourth-order valence-electron chi connectivity index (χ4n) is 6.14. The second-order valence-corrected chi connectivity index (χ2v) is 13.6. The van der Waals surface area contributed by atoms with E-state index in [4.69, 9.17) is 21.3 Å². The number of rotatable bonds is 6. The van der Waals surface area contributed by atoms with Gasteiger partial charge in [0.2, 0.25) is 5.91 Å². The minimum Gasteiger partial charge on any atom is -0.362 e. The highest BCUT2D eigenvalue weighted by Crippen LogP contribution is 2.40. The normalized spacial score (nSPS) is 17.4. The minimum absolute atomic E-state index is 0.0348. The van der Waals surface area contributed by atoms with E-state index in [9.17, 15) is 9.59 Å². The molecule has 13 heteroatoms. The molecule has 0 spiro atoms. The predicted octanol–water partition coefficient (Wildman–Crippen LogP) is 6.25. The first kappa shape index (κ1) is 33.1. The average molecular weight is 678 g/mol. The zero-order valence-electron chi connectivity index (χ0n) is 26.6. The number of hydrogen-bond donors (Lipinski definition) is 1. The molecular formula is C34H37ClFN7O3S. The van der Waals surface area contributed by atoms with Crippen molar-refractivity contribution in [2.45, 2.75) is 50.5 Å². The van der Waals surface area contributed by atoms with Crippen molar-refractivity contribution >= 4 is 51.8 Å². The van der Waals surface area contributed by atoms with Crippen LogP contribution in [0.5, 0.6) is 0 Å². The molecule has 1 aromatic carbocycles. The molecule has 3 aromatic heterocycles. The van der Waals surface area contributed by atoms with Crippen molar-refractivity contribution in [3.63, 3.8) is 0 Å². The third-order valence-corrected chi connectivity index (χ3v) is 9.74. The lowest BCUT2D eigenvalue weighted by Gasteiger charge is -2.40. The van der Waals surface area contributed by atoms with Crippen LogP contribution in [0, 0.1) is 5.82 Å². The molecule has 1 fully saturated rings. The number of nitrogens with zero attached hydrogens (tertiary/aromatic N) is 6. The summed E-state index contributed by atoms with van der Waals surface area (Å²) in [6, 6.07) is 8.20. The molecule has 5 heterocycles. The maximum Gasteiger partial charge on any atom is 0.355 e. The van der Waals surface area contributed by atoms with Gasteiger partial charge in [-0.1, -0.05) is 37.6 Å². The summed E-state index contributed by atoms with van der Waals surface area (Å²) in [6.45, 7) is 12.6. The molecule has 0 unspecified atom stereocenters. The van der Waals surface area contributed by atoms with E-state index < -0.39 is 11.5 Å². The molecule has 2 bridgehead atoms. The van der Waals surface area contributed by atoms with Crippen LogP contribution < -0.4 is 15.9 Å². The Balaban J connectivity index is 1.63. The molecule has 1 amide bonds. The molecular weight excluding hydrogens is 641 g/mol. The Morgan fingerprint density at radius 1 is 1.23 bits per heavy atom. The fourth-order valence-corrected chi connectivity index (χ4v) is 7.41. The number of benzene rings is 1. The number of pyridine rings is 2. The van der Waals surface area contributed by atoms with Gasteiger partial charge in [-0.2, -0.15) is 4.98 Å². The predicted molar refractivity (Wildman–Crippen MR) is 185 cm³/mol. The molecule has 0 radical (unpaired) electrons. The van der Waals surface area contributed by atoms with Gasteiger partial charge >= 0.3 is 5.69 Å². The average Bonchev–Trinajstić information content (AvgIpc) is 3.03. The van der Waals surface area contributed by atoms with Crippen molar-refractivity contribution in [1.29, 1.82) is 0 Å². The van der Waals surface area contributed by atoms with Crippen LogP contribution in [0.25, 0.3) is 28.0 Å². The second-order valence-electron chi connectivity index (χ2n) is 12.0. The number of carbonyl (C=O) groups excluding carboxylic acids is 1. The topological polar surface area (TPSA) is 105 Å². The zero-order chi connectivity index (χ0) is 33.2. The monoisotopic (exact) mass is 677 g/mol. The van der Waals surface area contributed by atoms with Gasteiger partial charge in [0.25, 0.3) is 0 Å². The van der Waals surface area contributed by atoms with Crippen LogP contribution in [-0.2, 0) is 9.53 Å². The summed E-state index contributed by atoms with van der Waals surface area (Å²) in [6.07, 6.45) is 4.13. The number of piperazine rings is 1. The molecule has 1 N–H and O–H groups in total. The standard InChI is InChI=1S/C34H37ClFN7O3S/c1-5-15-46-19-41-13-14-42(21(4)18-41)32-22-17-23(35)30-28-24(36)8-6-9-26(28)47-16-7-10-27(44)38-25-11-12-37-29(20(2)3)31(25)43(33(22)39-30)34(45)40-32/h5-6,8-9,11-12,17,20-21H,1,7,10,13-16,18-19H2,2-4H3,(H,38,44)/t21-/m1/s1. The second kappa shape index (κ2) is 14.1. The maximum absolute atomic E-state index is 15.7. The fraction of sp³-hybridized carbons (Fsp3) is 0.382. The number of aromatic nitrogens is 4. The minimum atomic E-state index is -0.599. The van der Waals surface area contributed by atoms with Gasteiger partial charge in [0, 0.05) is 43.2 Å². The number of fused-ring (bicyclic) bond motifs is 5. The molecule has 246 valence electrons. The van der Waals surface area contributed by atoms with E-state index in [0.717, 1.165) is 0 Å². The molecule has 1 atom stereocenters. The quantitative estimate of drug-likeness (QED) is 0.187. The molecule has 47 heavy (non-hydrogen) atoms. The maximum atomic E-state index is 15.7. The van der Waals surface area contributed by atoms with E-state index in [2.05, 4.69) is 38.6 Å². The van der Waals surface area contributed by atoms with Gasteiger partial charge in [-0.05, 0) is 49.3 Å². The van der Waals surface area contributed by atoms with Gasteiger partial charge in [0.1, 0.15) is 11.6 Å². The third kappa shape index (κ3) is 6.64. The molecule has 0 aliphatic carbocycles. The Bertz CT molecular complexity index is 1900. The van der Waals surface area contributed by atoms with Crippen molar-refractivity contribution < 1.29 is 13.9 Å².